The number of amides is 1. The number of carbonyl (C=O) groups is 6. The molecule has 0 atom stereocenters. The highest BCUT2D eigenvalue weighted by molar-refractivity contribution is 6.08. The summed E-state index contributed by atoms with van der Waals surface area (Å²) in [5, 5.41) is 32.1. The van der Waals surface area contributed by atoms with Gasteiger partial charge in [-0.25, -0.2) is 22.9 Å². The average molecular weight is 1030 g/mol. The van der Waals surface area contributed by atoms with Crippen molar-refractivity contribution in [1.82, 2.24) is 5.32 Å². The lowest BCUT2D eigenvalue weighted by Gasteiger charge is -2.27. The molecular weight excluding hydrogens is 984 g/mol. The second-order valence-corrected chi connectivity index (χ2v) is 15.4. The standard InChI is InChI=1S/C46H50F2N4O14.C2HF3O2/c1-60-41(56)23-51(24-42(57)61-2)33-12-11-27(45-29-19-31(47)34(53)21-37(29)66-38-22-35(54)32(48)20-30(38)45)17-39(33)65-16-15-64-36-10-8-9-28(18-40(55)50-14-7-5-6-13-49)46(36)52(25-43(58)62-3)26-44(59)63-4;3-2(4,5)1(6)7/h8-12,17,19-22H,5-7,13-16,18,23-26,49H2,1-4H3,(H2,50,53,54,55);(H,6,7). The average Bonchev–Trinajstić information content (AvgIpc) is 3.34. The van der Waals surface area contributed by atoms with Crippen molar-refractivity contribution < 1.29 is 104 Å². The second-order valence-electron chi connectivity index (χ2n) is 15.4. The van der Waals surface area contributed by atoms with Gasteiger partial charge in [0.15, 0.2) is 28.9 Å². The Bertz CT molecular complexity index is 2590. The van der Waals surface area contributed by atoms with E-state index < -0.39 is 85.3 Å². The van der Waals surface area contributed by atoms with E-state index in [4.69, 9.17) is 48.8 Å². The molecule has 0 saturated heterocycles. The van der Waals surface area contributed by atoms with Gasteiger partial charge in [0.1, 0.15) is 49.5 Å². The Hall–Kier alpha value is -8.22. The topological polar surface area (TPSA) is 275 Å². The molecule has 0 unspecified atom stereocenters. The number of carboxylic acid groups (broad SMARTS) is 1. The molecule has 2 aliphatic rings. The number of benzene rings is 3. The van der Waals surface area contributed by atoms with E-state index in [1.165, 1.54) is 56.1 Å². The van der Waals surface area contributed by atoms with Gasteiger partial charge in [0, 0.05) is 41.5 Å². The molecule has 0 aromatic heterocycles. The highest BCUT2D eigenvalue weighted by Crippen LogP contribution is 2.49. The normalized spacial score (nSPS) is 12.4. The van der Waals surface area contributed by atoms with Crippen molar-refractivity contribution in [3.8, 4) is 28.7 Å². The number of anilines is 1. The van der Waals surface area contributed by atoms with E-state index in [0.717, 1.165) is 37.1 Å². The predicted molar refractivity (Wildman–Crippen MR) is 243 cm³/mol. The van der Waals surface area contributed by atoms with Crippen LogP contribution in [0.2, 0.25) is 0 Å². The number of rotatable bonds is 21. The van der Waals surface area contributed by atoms with Gasteiger partial charge in [0.2, 0.25) is 24.7 Å². The zero-order chi connectivity index (χ0) is 54.0. The fraction of sp³-hybridized carbons (Fsp3) is 0.354. The molecule has 5 rings (SSSR count). The van der Waals surface area contributed by atoms with Gasteiger partial charge < -0.3 is 69.2 Å². The maximum Gasteiger partial charge on any atom is 0.430 e. The summed E-state index contributed by atoms with van der Waals surface area (Å²) < 4.78 is 101. The SMILES string of the molecule is COC(=O)CN(CC(=O)OC)c1c(CC(=O)NCCCCCN)cccc1OCCOC1=CC(=C2c3cc(F)c(O)cc3Oc3cc(O)c(F)cc32)C=CC1=[N+](CC(=O)OC)CC(=O)OC.O=C([O-])C(F)(F)F. The van der Waals surface area contributed by atoms with Crippen LogP contribution < -0.4 is 30.5 Å². The third-order valence-electron chi connectivity index (χ3n) is 10.4. The number of nitrogens with zero attached hydrogens (tertiary/aromatic N) is 2. The predicted octanol–water partition coefficient (Wildman–Crippen LogP) is 2.87. The Kier molecular flexibility index (Phi) is 21.1. The largest absolute Gasteiger partial charge is 0.542 e. The number of fused-ring (bicyclic) bond motifs is 2. The smallest absolute Gasteiger partial charge is 0.430 e. The van der Waals surface area contributed by atoms with Gasteiger partial charge in [0.25, 0.3) is 0 Å². The number of allylic oxidation sites excluding steroid dienone is 4. The second kappa shape index (κ2) is 26.8. The van der Waals surface area contributed by atoms with Crippen LogP contribution in [-0.4, -0.2) is 143 Å². The van der Waals surface area contributed by atoms with E-state index in [1.807, 2.05) is 0 Å². The molecule has 394 valence electrons. The van der Waals surface area contributed by atoms with Gasteiger partial charge in [-0.1, -0.05) is 18.6 Å². The molecule has 3 aromatic carbocycles. The number of para-hydroxylation sites is 1. The van der Waals surface area contributed by atoms with Gasteiger partial charge in [0.05, 0.1) is 40.5 Å². The van der Waals surface area contributed by atoms with Gasteiger partial charge >= 0.3 is 30.1 Å². The van der Waals surface area contributed by atoms with Gasteiger partial charge in [-0.05, 0) is 60.9 Å². The number of hydrogen-bond donors (Lipinski definition) is 4. The molecule has 5 N–H and O–H groups in total. The molecule has 1 aliphatic carbocycles. The first-order valence-electron chi connectivity index (χ1n) is 21.8. The molecule has 0 fully saturated rings. The molecule has 0 bridgehead atoms. The molecule has 0 spiro atoms. The highest BCUT2D eigenvalue weighted by atomic mass is 19.4. The number of aromatic hydroxyl groups is 2. The zero-order valence-electron chi connectivity index (χ0n) is 39.7. The molecule has 1 amide bonds. The molecule has 0 saturated carbocycles. The lowest BCUT2D eigenvalue weighted by Crippen LogP contribution is -2.37. The van der Waals surface area contributed by atoms with E-state index in [1.54, 1.807) is 18.2 Å². The third kappa shape index (κ3) is 16.1. The molecular formula is C48H51F5N4O16. The van der Waals surface area contributed by atoms with Crippen LogP contribution in [0.5, 0.6) is 28.7 Å². The van der Waals surface area contributed by atoms with Crippen LogP contribution >= 0.6 is 0 Å². The number of phenols is 2. The molecule has 73 heavy (non-hydrogen) atoms. The van der Waals surface area contributed by atoms with Crippen molar-refractivity contribution in [2.75, 3.05) is 85.8 Å². The molecule has 1 aliphatic heterocycles. The number of methoxy groups -OCH3 is 4. The Morgan fingerprint density at radius 3 is 1.81 bits per heavy atom. The monoisotopic (exact) mass is 1030 g/mol. The van der Waals surface area contributed by atoms with Crippen molar-refractivity contribution >= 4 is 52.7 Å². The first-order valence-corrected chi connectivity index (χ1v) is 21.8. The summed E-state index contributed by atoms with van der Waals surface area (Å²) >= 11 is 0. The minimum Gasteiger partial charge on any atom is -0.542 e. The van der Waals surface area contributed by atoms with Crippen molar-refractivity contribution in [3.63, 3.8) is 0 Å². The number of carboxylic acids is 1. The van der Waals surface area contributed by atoms with Gasteiger partial charge in [-0.15, -0.1) is 0 Å². The zero-order valence-corrected chi connectivity index (χ0v) is 39.7. The Morgan fingerprint density at radius 1 is 0.767 bits per heavy atom. The van der Waals surface area contributed by atoms with Crippen LogP contribution in [0, 0.1) is 11.6 Å². The van der Waals surface area contributed by atoms with Crippen molar-refractivity contribution in [2.45, 2.75) is 31.9 Å². The summed E-state index contributed by atoms with van der Waals surface area (Å²) in [5.41, 5.74) is 7.06. The van der Waals surface area contributed by atoms with Crippen molar-refractivity contribution in [2.24, 2.45) is 5.73 Å². The fourth-order valence-corrected chi connectivity index (χ4v) is 6.99. The van der Waals surface area contributed by atoms with Crippen LogP contribution in [0.15, 0.2) is 72.0 Å². The van der Waals surface area contributed by atoms with E-state index in [9.17, 15) is 56.1 Å². The Labute approximate surface area is 413 Å². The van der Waals surface area contributed by atoms with E-state index in [0.29, 0.717) is 25.1 Å². The van der Waals surface area contributed by atoms with Gasteiger partial charge in [-0.3, -0.25) is 14.4 Å². The number of nitrogens with one attached hydrogen (secondary N) is 1. The van der Waals surface area contributed by atoms with Crippen LogP contribution in [-0.2, 0) is 58.9 Å². The first kappa shape index (κ1) is 57.4. The lowest BCUT2D eigenvalue weighted by molar-refractivity contribution is -0.508. The number of halogens is 5. The van der Waals surface area contributed by atoms with E-state index in [2.05, 4.69) is 5.32 Å². The lowest BCUT2D eigenvalue weighted by atomic mass is 9.87. The maximum atomic E-state index is 15.0. The summed E-state index contributed by atoms with van der Waals surface area (Å²) in [5.74, 6) is -9.52. The van der Waals surface area contributed by atoms with Crippen LogP contribution in [0.4, 0.5) is 27.6 Å². The summed E-state index contributed by atoms with van der Waals surface area (Å²) in [7, 11) is 4.70. The summed E-state index contributed by atoms with van der Waals surface area (Å²) in [6.45, 7) is -1.28. The number of nitrogens with two attached hydrogens (primary N) is 1. The summed E-state index contributed by atoms with van der Waals surface area (Å²) in [6.07, 6.45) is 1.51. The van der Waals surface area contributed by atoms with E-state index >= 15 is 0 Å². The summed E-state index contributed by atoms with van der Waals surface area (Å²) in [6, 6.07) is 8.90. The number of hydrogen-bond acceptors (Lipinski definition) is 18. The first-order chi connectivity index (χ1) is 34.6. The number of alkyl halides is 3. The Morgan fingerprint density at radius 2 is 1.30 bits per heavy atom. The van der Waals surface area contributed by atoms with Crippen LogP contribution in [0.3, 0.4) is 0 Å². The number of unbranched alkanes of at least 4 members (excludes halogenated alkanes) is 2. The molecule has 20 nitrogen and oxygen atoms in total. The van der Waals surface area contributed by atoms with Crippen LogP contribution in [0.1, 0.15) is 36.0 Å². The van der Waals surface area contributed by atoms with Crippen molar-refractivity contribution in [1.29, 1.82) is 0 Å². The summed E-state index contributed by atoms with van der Waals surface area (Å²) in [4.78, 5) is 73.9. The molecule has 25 heteroatoms. The number of ether oxygens (including phenoxy) is 7. The van der Waals surface area contributed by atoms with Gasteiger partial charge in [-0.2, -0.15) is 13.2 Å². The minimum atomic E-state index is -5.19. The number of aliphatic carboxylic acids is 1. The third-order valence-corrected chi connectivity index (χ3v) is 10.4. The van der Waals surface area contributed by atoms with Crippen molar-refractivity contribution in [3.05, 3.63) is 100 Å². The molecule has 0 radical (unpaired) electrons. The minimum absolute atomic E-state index is 0.0215. The molecule has 1 heterocycles. The number of esters is 4. The molecule has 3 aromatic rings. The van der Waals surface area contributed by atoms with Crippen LogP contribution in [0.25, 0.3) is 5.57 Å². The van der Waals surface area contributed by atoms with E-state index in [-0.39, 0.29) is 82.2 Å². The fourth-order valence-electron chi connectivity index (χ4n) is 6.99. The Balaban J connectivity index is 0.00000153. The maximum absolute atomic E-state index is 15.0. The quantitative estimate of drug-likeness (QED) is 0.0307. The number of phenolic OH excluding ortho intramolecular Hbond substituents is 2. The highest BCUT2D eigenvalue weighted by Gasteiger charge is 2.33. The number of carbonyl (C=O) groups excluding carboxylic acids is 6.